The van der Waals surface area contributed by atoms with E-state index in [1.165, 1.54) is 5.56 Å². The standard InChI is InChI=1S/C16H17N3O/c1-11-14(5-3-8-17-11)16(20)19-13-7-6-12-4-2-9-18-15(12)10-13/h3,5-8,10,18H,2,4,9H2,1H3,(H,19,20). The number of pyridine rings is 1. The van der Waals surface area contributed by atoms with Crippen LogP contribution in [0.2, 0.25) is 0 Å². The van der Waals surface area contributed by atoms with E-state index < -0.39 is 0 Å². The van der Waals surface area contributed by atoms with Crippen LogP contribution in [-0.4, -0.2) is 17.4 Å². The lowest BCUT2D eigenvalue weighted by Crippen LogP contribution is -2.15. The smallest absolute Gasteiger partial charge is 0.257 e. The lowest BCUT2D eigenvalue weighted by molar-refractivity contribution is 0.102. The van der Waals surface area contributed by atoms with Gasteiger partial charge in [-0.15, -0.1) is 0 Å². The first-order chi connectivity index (χ1) is 9.74. The highest BCUT2D eigenvalue weighted by atomic mass is 16.1. The summed E-state index contributed by atoms with van der Waals surface area (Å²) in [5, 5.41) is 6.29. The monoisotopic (exact) mass is 267 g/mol. The molecule has 2 aromatic rings. The second kappa shape index (κ2) is 5.33. The number of carbonyl (C=O) groups is 1. The highest BCUT2D eigenvalue weighted by molar-refractivity contribution is 6.05. The number of nitrogens with zero attached hydrogens (tertiary/aromatic N) is 1. The summed E-state index contributed by atoms with van der Waals surface area (Å²) >= 11 is 0. The van der Waals surface area contributed by atoms with Crippen molar-refractivity contribution < 1.29 is 4.79 Å². The normalized spacial score (nSPS) is 13.2. The van der Waals surface area contributed by atoms with Crippen LogP contribution < -0.4 is 10.6 Å². The Bertz CT molecular complexity index is 652. The van der Waals surface area contributed by atoms with Crippen LogP contribution in [0, 0.1) is 6.92 Å². The fourth-order valence-electron chi connectivity index (χ4n) is 2.46. The summed E-state index contributed by atoms with van der Waals surface area (Å²) in [4.78, 5) is 16.4. The molecule has 0 saturated heterocycles. The fraction of sp³-hybridized carbons (Fsp3) is 0.250. The van der Waals surface area contributed by atoms with Gasteiger partial charge < -0.3 is 10.6 Å². The number of aromatic nitrogens is 1. The summed E-state index contributed by atoms with van der Waals surface area (Å²) in [5.74, 6) is -0.119. The molecule has 2 heterocycles. The van der Waals surface area contributed by atoms with Crippen molar-refractivity contribution in [3.8, 4) is 0 Å². The van der Waals surface area contributed by atoms with Gasteiger partial charge in [0, 0.05) is 29.8 Å². The van der Waals surface area contributed by atoms with Gasteiger partial charge in [-0.1, -0.05) is 6.07 Å². The number of carbonyl (C=O) groups excluding carboxylic acids is 1. The molecule has 4 heteroatoms. The third kappa shape index (κ3) is 2.50. The third-order valence-corrected chi connectivity index (χ3v) is 3.56. The van der Waals surface area contributed by atoms with E-state index in [-0.39, 0.29) is 5.91 Å². The van der Waals surface area contributed by atoms with Crippen LogP contribution >= 0.6 is 0 Å². The zero-order valence-electron chi connectivity index (χ0n) is 11.4. The fourth-order valence-corrected chi connectivity index (χ4v) is 2.46. The van der Waals surface area contributed by atoms with Crippen molar-refractivity contribution in [2.45, 2.75) is 19.8 Å². The van der Waals surface area contributed by atoms with Crippen molar-refractivity contribution in [1.29, 1.82) is 0 Å². The Morgan fingerprint density at radius 1 is 1.35 bits per heavy atom. The van der Waals surface area contributed by atoms with E-state index in [0.29, 0.717) is 5.56 Å². The van der Waals surface area contributed by atoms with E-state index in [4.69, 9.17) is 0 Å². The largest absolute Gasteiger partial charge is 0.385 e. The summed E-state index contributed by atoms with van der Waals surface area (Å²) in [6.07, 6.45) is 3.95. The molecule has 1 amide bonds. The maximum atomic E-state index is 12.2. The summed E-state index contributed by atoms with van der Waals surface area (Å²) in [7, 11) is 0. The average Bonchev–Trinajstić information content (AvgIpc) is 2.47. The van der Waals surface area contributed by atoms with Crippen LogP contribution in [0.3, 0.4) is 0 Å². The Kier molecular flexibility index (Phi) is 3.37. The van der Waals surface area contributed by atoms with Gasteiger partial charge in [-0.05, 0) is 49.6 Å². The van der Waals surface area contributed by atoms with Gasteiger partial charge in [0.15, 0.2) is 0 Å². The van der Waals surface area contributed by atoms with Crippen molar-refractivity contribution in [2.24, 2.45) is 0 Å². The van der Waals surface area contributed by atoms with Gasteiger partial charge in [0.25, 0.3) is 5.91 Å². The number of rotatable bonds is 2. The molecule has 1 aliphatic rings. The number of anilines is 2. The third-order valence-electron chi connectivity index (χ3n) is 3.56. The molecule has 0 aliphatic carbocycles. The summed E-state index contributed by atoms with van der Waals surface area (Å²) in [6.45, 7) is 2.83. The molecule has 0 atom stereocenters. The zero-order valence-corrected chi connectivity index (χ0v) is 11.4. The van der Waals surface area contributed by atoms with E-state index >= 15 is 0 Å². The van der Waals surface area contributed by atoms with Gasteiger partial charge >= 0.3 is 0 Å². The number of fused-ring (bicyclic) bond motifs is 1. The lowest BCUT2D eigenvalue weighted by atomic mass is 10.0. The van der Waals surface area contributed by atoms with Gasteiger partial charge in [-0.2, -0.15) is 0 Å². The minimum Gasteiger partial charge on any atom is -0.385 e. The minimum absolute atomic E-state index is 0.119. The molecule has 2 N–H and O–H groups in total. The Labute approximate surface area is 118 Å². The van der Waals surface area contributed by atoms with E-state index in [1.807, 2.05) is 19.1 Å². The molecule has 0 bridgehead atoms. The number of hydrogen-bond donors (Lipinski definition) is 2. The van der Waals surface area contributed by atoms with Gasteiger partial charge in [0.05, 0.1) is 5.56 Å². The topological polar surface area (TPSA) is 54.0 Å². The molecule has 102 valence electrons. The first-order valence-corrected chi connectivity index (χ1v) is 6.84. The predicted octanol–water partition coefficient (Wildman–Crippen LogP) is 3.00. The van der Waals surface area contributed by atoms with Gasteiger partial charge in [0.1, 0.15) is 0 Å². The Morgan fingerprint density at radius 2 is 2.25 bits per heavy atom. The maximum absolute atomic E-state index is 12.2. The van der Waals surface area contributed by atoms with Crippen LogP contribution in [0.25, 0.3) is 0 Å². The molecular weight excluding hydrogens is 250 g/mol. The average molecular weight is 267 g/mol. The first kappa shape index (κ1) is 12.7. The Morgan fingerprint density at radius 3 is 3.10 bits per heavy atom. The van der Waals surface area contributed by atoms with Crippen LogP contribution in [0.1, 0.15) is 28.0 Å². The lowest BCUT2D eigenvalue weighted by Gasteiger charge is -2.19. The van der Waals surface area contributed by atoms with Gasteiger partial charge in [-0.25, -0.2) is 0 Å². The van der Waals surface area contributed by atoms with E-state index in [9.17, 15) is 4.79 Å². The maximum Gasteiger partial charge on any atom is 0.257 e. The minimum atomic E-state index is -0.119. The first-order valence-electron chi connectivity index (χ1n) is 6.84. The van der Waals surface area contributed by atoms with E-state index in [1.54, 1.807) is 18.3 Å². The molecule has 20 heavy (non-hydrogen) atoms. The number of amides is 1. The highest BCUT2D eigenvalue weighted by Gasteiger charge is 2.12. The van der Waals surface area contributed by atoms with Gasteiger partial charge in [0.2, 0.25) is 0 Å². The molecule has 1 aromatic carbocycles. The predicted molar refractivity (Wildman–Crippen MR) is 80.2 cm³/mol. The molecule has 1 aromatic heterocycles. The molecule has 1 aliphatic heterocycles. The van der Waals surface area contributed by atoms with Crippen LogP contribution in [0.4, 0.5) is 11.4 Å². The second-order valence-electron chi connectivity index (χ2n) is 4.99. The summed E-state index contributed by atoms with van der Waals surface area (Å²) in [5.41, 5.74) is 4.59. The molecule has 3 rings (SSSR count). The van der Waals surface area contributed by atoms with Crippen LogP contribution in [0.5, 0.6) is 0 Å². The summed E-state index contributed by atoms with van der Waals surface area (Å²) < 4.78 is 0. The molecule has 0 saturated carbocycles. The van der Waals surface area contributed by atoms with E-state index in [0.717, 1.165) is 36.5 Å². The molecule has 0 radical (unpaired) electrons. The van der Waals surface area contributed by atoms with Crippen molar-refractivity contribution >= 4 is 17.3 Å². The van der Waals surface area contributed by atoms with Crippen LogP contribution in [-0.2, 0) is 6.42 Å². The molecule has 0 fully saturated rings. The van der Waals surface area contributed by atoms with Crippen molar-refractivity contribution in [3.63, 3.8) is 0 Å². The number of hydrogen-bond acceptors (Lipinski definition) is 3. The Hall–Kier alpha value is -2.36. The van der Waals surface area contributed by atoms with E-state index in [2.05, 4.69) is 21.7 Å². The highest BCUT2D eigenvalue weighted by Crippen LogP contribution is 2.25. The van der Waals surface area contributed by atoms with Gasteiger partial charge in [-0.3, -0.25) is 9.78 Å². The molecular formula is C16H17N3O. The SMILES string of the molecule is Cc1ncccc1C(=O)Nc1ccc2c(c1)NCCC2. The number of aryl methyl sites for hydroxylation is 2. The molecule has 4 nitrogen and oxygen atoms in total. The quantitative estimate of drug-likeness (QED) is 0.879. The summed E-state index contributed by atoms with van der Waals surface area (Å²) in [6, 6.07) is 9.59. The molecule has 0 unspecified atom stereocenters. The number of nitrogens with one attached hydrogen (secondary N) is 2. The molecule has 0 spiro atoms. The Balaban J connectivity index is 1.81. The number of benzene rings is 1. The van der Waals surface area contributed by atoms with Crippen molar-refractivity contribution in [3.05, 3.63) is 53.3 Å². The zero-order chi connectivity index (χ0) is 13.9. The second-order valence-corrected chi connectivity index (χ2v) is 4.99. The van der Waals surface area contributed by atoms with Crippen LogP contribution in [0.15, 0.2) is 36.5 Å². The van der Waals surface area contributed by atoms with Crippen molar-refractivity contribution in [1.82, 2.24) is 4.98 Å². The van der Waals surface area contributed by atoms with Crippen molar-refractivity contribution in [2.75, 3.05) is 17.2 Å².